The molecule has 41 heavy (non-hydrogen) atoms. The van der Waals surface area contributed by atoms with Crippen LogP contribution in [0.3, 0.4) is 0 Å². The standard InChI is InChI=1S/C29H28Cl2N4O6/c1-29(27(39)40,15-33-28(41)34-23-10-9-17-6-2-3-8-20(17)23)35-26(38)24-21(30)12-18(13-22(24)31)25(37)32-14-16-5-4-7-19(36)11-16/h2-8,11-13,23,36H,9-10,14-15H2,1H3,(H,32,37)(H,35,38)(H,39,40)(H2,33,34,41)/t23-,29-/m1/s1. The Bertz CT molecular complexity index is 1490. The number of hydrogen-bond acceptors (Lipinski definition) is 5. The molecule has 2 atom stereocenters. The third-order valence-corrected chi connectivity index (χ3v) is 7.39. The predicted octanol–water partition coefficient (Wildman–Crippen LogP) is 4.19. The molecule has 0 saturated carbocycles. The highest BCUT2D eigenvalue weighted by Crippen LogP contribution is 2.31. The van der Waals surface area contributed by atoms with Crippen molar-refractivity contribution in [2.75, 3.05) is 6.54 Å². The lowest BCUT2D eigenvalue weighted by Gasteiger charge is -2.27. The van der Waals surface area contributed by atoms with Crippen molar-refractivity contribution in [1.82, 2.24) is 21.3 Å². The Morgan fingerprint density at radius 2 is 1.66 bits per heavy atom. The summed E-state index contributed by atoms with van der Waals surface area (Å²) in [7, 11) is 0. The van der Waals surface area contributed by atoms with Gasteiger partial charge in [-0.1, -0.05) is 59.6 Å². The molecule has 0 unspecified atom stereocenters. The van der Waals surface area contributed by atoms with Crippen molar-refractivity contribution < 1.29 is 29.4 Å². The first-order chi connectivity index (χ1) is 19.5. The number of carboxylic acids is 1. The molecule has 0 spiro atoms. The number of nitrogens with one attached hydrogen (secondary N) is 4. The van der Waals surface area contributed by atoms with Crippen LogP contribution in [0.25, 0.3) is 0 Å². The summed E-state index contributed by atoms with van der Waals surface area (Å²) in [5.41, 5.74) is 0.759. The zero-order chi connectivity index (χ0) is 29.7. The summed E-state index contributed by atoms with van der Waals surface area (Å²) in [5.74, 6) is -2.77. The summed E-state index contributed by atoms with van der Waals surface area (Å²) in [5, 5.41) is 29.5. The highest BCUT2D eigenvalue weighted by Gasteiger charge is 2.37. The largest absolute Gasteiger partial charge is 0.508 e. The topological polar surface area (TPSA) is 157 Å². The number of amides is 4. The van der Waals surface area contributed by atoms with Crippen molar-refractivity contribution in [3.63, 3.8) is 0 Å². The highest BCUT2D eigenvalue weighted by atomic mass is 35.5. The van der Waals surface area contributed by atoms with Crippen molar-refractivity contribution in [3.05, 3.63) is 98.5 Å². The summed E-state index contributed by atoms with van der Waals surface area (Å²) in [6.45, 7) is 0.929. The molecule has 214 valence electrons. The minimum atomic E-state index is -1.91. The monoisotopic (exact) mass is 598 g/mol. The predicted molar refractivity (Wildman–Crippen MR) is 153 cm³/mol. The van der Waals surface area contributed by atoms with Crippen LogP contribution >= 0.6 is 23.2 Å². The van der Waals surface area contributed by atoms with E-state index < -0.39 is 35.9 Å². The van der Waals surface area contributed by atoms with Crippen LogP contribution in [0.15, 0.2) is 60.7 Å². The van der Waals surface area contributed by atoms with Crippen molar-refractivity contribution in [3.8, 4) is 5.75 Å². The number of urea groups is 1. The average Bonchev–Trinajstić information content (AvgIpc) is 3.32. The number of hydrogen-bond donors (Lipinski definition) is 6. The molecule has 0 radical (unpaired) electrons. The Hall–Kier alpha value is -4.28. The van der Waals surface area contributed by atoms with Gasteiger partial charge in [-0.15, -0.1) is 0 Å². The maximum Gasteiger partial charge on any atom is 0.330 e. The fourth-order valence-electron chi connectivity index (χ4n) is 4.53. The summed E-state index contributed by atoms with van der Waals surface area (Å²) < 4.78 is 0. The van der Waals surface area contributed by atoms with E-state index in [2.05, 4.69) is 21.3 Å². The molecule has 1 aliphatic rings. The Morgan fingerprint density at radius 1 is 0.951 bits per heavy atom. The molecule has 3 aromatic rings. The maximum atomic E-state index is 13.1. The number of fused-ring (bicyclic) bond motifs is 1. The van der Waals surface area contributed by atoms with E-state index in [4.69, 9.17) is 23.2 Å². The fraction of sp³-hybridized carbons (Fsp3) is 0.241. The second-order valence-corrected chi connectivity index (χ2v) is 10.7. The zero-order valence-corrected chi connectivity index (χ0v) is 23.5. The number of benzene rings is 3. The summed E-state index contributed by atoms with van der Waals surface area (Å²) >= 11 is 12.6. The number of carbonyl (C=O) groups is 4. The molecule has 0 bridgehead atoms. The first-order valence-corrected chi connectivity index (χ1v) is 13.5. The fourth-order valence-corrected chi connectivity index (χ4v) is 5.19. The van der Waals surface area contributed by atoms with Crippen molar-refractivity contribution >= 4 is 47.0 Å². The number of carboxylic acid groups (broad SMARTS) is 1. The van der Waals surface area contributed by atoms with Gasteiger partial charge >= 0.3 is 12.0 Å². The summed E-state index contributed by atoms with van der Waals surface area (Å²) in [6, 6.07) is 15.8. The second kappa shape index (κ2) is 12.5. The van der Waals surface area contributed by atoms with Gasteiger partial charge in [0, 0.05) is 12.1 Å². The minimum absolute atomic E-state index is 0.0574. The minimum Gasteiger partial charge on any atom is -0.508 e. The lowest BCUT2D eigenvalue weighted by atomic mass is 10.0. The van der Waals surface area contributed by atoms with Crippen molar-refractivity contribution in [1.29, 1.82) is 0 Å². The van der Waals surface area contributed by atoms with Crippen LogP contribution in [-0.2, 0) is 17.8 Å². The number of aliphatic carboxylic acids is 1. The van der Waals surface area contributed by atoms with E-state index in [1.807, 2.05) is 24.3 Å². The third kappa shape index (κ3) is 7.08. The van der Waals surface area contributed by atoms with Gasteiger partial charge in [-0.25, -0.2) is 9.59 Å². The highest BCUT2D eigenvalue weighted by molar-refractivity contribution is 6.40. The molecule has 4 amide bonds. The Kier molecular flexibility index (Phi) is 9.05. The van der Waals surface area contributed by atoms with E-state index in [9.17, 15) is 29.4 Å². The van der Waals surface area contributed by atoms with Crippen LogP contribution in [0.5, 0.6) is 5.75 Å². The van der Waals surface area contributed by atoms with E-state index in [1.165, 1.54) is 31.2 Å². The Morgan fingerprint density at radius 3 is 2.34 bits per heavy atom. The van der Waals surface area contributed by atoms with Gasteiger partial charge in [-0.05, 0) is 60.7 Å². The number of phenolic OH excluding ortho intramolecular Hbond substituents is 1. The molecule has 0 saturated heterocycles. The first kappa shape index (κ1) is 29.7. The van der Waals surface area contributed by atoms with E-state index >= 15 is 0 Å². The smallest absolute Gasteiger partial charge is 0.330 e. The molecule has 4 rings (SSSR count). The van der Waals surface area contributed by atoms with Crippen LogP contribution in [-0.4, -0.2) is 46.1 Å². The van der Waals surface area contributed by atoms with Crippen LogP contribution in [0.4, 0.5) is 4.79 Å². The molecular weight excluding hydrogens is 571 g/mol. The number of phenols is 1. The van der Waals surface area contributed by atoms with E-state index in [0.29, 0.717) is 5.56 Å². The number of carbonyl (C=O) groups excluding carboxylic acids is 3. The van der Waals surface area contributed by atoms with Gasteiger partial charge in [0.2, 0.25) is 0 Å². The van der Waals surface area contributed by atoms with Gasteiger partial charge in [0.25, 0.3) is 11.8 Å². The Balaban J connectivity index is 1.39. The zero-order valence-electron chi connectivity index (χ0n) is 22.0. The third-order valence-electron chi connectivity index (χ3n) is 6.80. The summed E-state index contributed by atoms with van der Waals surface area (Å²) in [4.78, 5) is 50.4. The van der Waals surface area contributed by atoms with Gasteiger partial charge in [-0.3, -0.25) is 9.59 Å². The van der Waals surface area contributed by atoms with Gasteiger partial charge in [-0.2, -0.15) is 0 Å². The molecule has 0 heterocycles. The lowest BCUT2D eigenvalue weighted by Crippen LogP contribution is -2.59. The molecule has 12 heteroatoms. The van der Waals surface area contributed by atoms with E-state index in [0.717, 1.165) is 24.0 Å². The average molecular weight is 599 g/mol. The van der Waals surface area contributed by atoms with Crippen molar-refractivity contribution in [2.45, 2.75) is 37.9 Å². The van der Waals surface area contributed by atoms with Crippen LogP contribution < -0.4 is 21.3 Å². The lowest BCUT2D eigenvalue weighted by molar-refractivity contribution is -0.143. The van der Waals surface area contributed by atoms with Gasteiger partial charge in [0.05, 0.1) is 28.2 Å². The van der Waals surface area contributed by atoms with E-state index in [1.54, 1.807) is 12.1 Å². The molecule has 0 aromatic heterocycles. The maximum absolute atomic E-state index is 13.1. The van der Waals surface area contributed by atoms with Crippen LogP contribution in [0, 0.1) is 0 Å². The molecule has 3 aromatic carbocycles. The molecule has 10 nitrogen and oxygen atoms in total. The summed E-state index contributed by atoms with van der Waals surface area (Å²) in [6.07, 6.45) is 1.55. The molecule has 0 aliphatic heterocycles. The van der Waals surface area contributed by atoms with E-state index in [-0.39, 0.29) is 39.5 Å². The second-order valence-electron chi connectivity index (χ2n) is 9.88. The van der Waals surface area contributed by atoms with Gasteiger partial charge < -0.3 is 31.5 Å². The molecule has 1 aliphatic carbocycles. The first-order valence-electron chi connectivity index (χ1n) is 12.7. The van der Waals surface area contributed by atoms with Gasteiger partial charge in [0.15, 0.2) is 5.54 Å². The molecule has 0 fully saturated rings. The number of rotatable bonds is 9. The normalized spacial score (nSPS) is 15.2. The van der Waals surface area contributed by atoms with Crippen molar-refractivity contribution in [2.24, 2.45) is 0 Å². The molecular formula is C29H28Cl2N4O6. The van der Waals surface area contributed by atoms with Crippen LogP contribution in [0.1, 0.15) is 56.8 Å². The SMILES string of the molecule is C[C@](CNC(=O)N[C@@H]1CCc2ccccc21)(NC(=O)c1c(Cl)cc(C(=O)NCc2cccc(O)c2)cc1Cl)C(=O)O. The molecule has 6 N–H and O–H groups in total. The van der Waals surface area contributed by atoms with Crippen LogP contribution in [0.2, 0.25) is 10.0 Å². The Labute approximate surface area is 246 Å². The van der Waals surface area contributed by atoms with Gasteiger partial charge in [0.1, 0.15) is 5.75 Å². The number of aromatic hydroxyl groups is 1. The number of aryl methyl sites for hydroxylation is 1. The number of halogens is 2. The quantitative estimate of drug-likeness (QED) is 0.217.